The number of imide groups is 2. The first-order valence-corrected chi connectivity index (χ1v) is 6.80. The van der Waals surface area contributed by atoms with E-state index in [-0.39, 0.29) is 15.5 Å². The number of hydrogen-bond acceptors (Lipinski definition) is 5. The van der Waals surface area contributed by atoms with Crippen molar-refractivity contribution in [2.75, 3.05) is 25.5 Å². The Morgan fingerprint density at radius 3 is 2.40 bits per heavy atom. The van der Waals surface area contributed by atoms with Crippen molar-refractivity contribution in [1.82, 2.24) is 9.80 Å². The Morgan fingerprint density at radius 2 is 1.80 bits per heavy atom. The molecule has 0 saturated carbocycles. The SMILES string of the molecule is COc1cccc(NC(=O)CN2C(=O)C(=O)N(CC(F)(F)F)C2=O)c1. The molecule has 0 radical (unpaired) electrons. The number of hydrogen-bond donors (Lipinski definition) is 1. The monoisotopic (exact) mass is 359 g/mol. The minimum Gasteiger partial charge on any atom is -0.497 e. The Labute approximate surface area is 139 Å². The third-order valence-electron chi connectivity index (χ3n) is 3.13. The zero-order valence-corrected chi connectivity index (χ0v) is 12.8. The van der Waals surface area contributed by atoms with Crippen molar-refractivity contribution < 1.29 is 37.1 Å². The van der Waals surface area contributed by atoms with Gasteiger partial charge in [0, 0.05) is 11.8 Å². The number of anilines is 1. The number of nitrogens with zero attached hydrogens (tertiary/aromatic N) is 2. The first-order valence-electron chi connectivity index (χ1n) is 6.80. The number of rotatable bonds is 5. The van der Waals surface area contributed by atoms with Gasteiger partial charge in [0.15, 0.2) is 0 Å². The molecule has 2 rings (SSSR count). The average Bonchev–Trinajstić information content (AvgIpc) is 2.71. The quantitative estimate of drug-likeness (QED) is 0.625. The molecule has 1 fully saturated rings. The van der Waals surface area contributed by atoms with Crippen molar-refractivity contribution in [3.8, 4) is 5.75 Å². The van der Waals surface area contributed by atoms with Crippen molar-refractivity contribution in [3.05, 3.63) is 24.3 Å². The molecule has 8 nitrogen and oxygen atoms in total. The highest BCUT2D eigenvalue weighted by molar-refractivity contribution is 6.45. The number of alkyl halides is 3. The number of amides is 5. The van der Waals surface area contributed by atoms with Gasteiger partial charge in [-0.2, -0.15) is 13.2 Å². The van der Waals surface area contributed by atoms with Gasteiger partial charge in [-0.15, -0.1) is 0 Å². The standard InChI is InChI=1S/C14H12F3N3O5/c1-25-9-4-2-3-8(5-9)18-10(21)6-19-11(22)12(23)20(13(19)24)7-14(15,16)17/h2-5H,6-7H2,1H3,(H,18,21). The smallest absolute Gasteiger partial charge is 0.406 e. The van der Waals surface area contributed by atoms with E-state index in [0.29, 0.717) is 5.75 Å². The van der Waals surface area contributed by atoms with Gasteiger partial charge >= 0.3 is 24.0 Å². The van der Waals surface area contributed by atoms with E-state index in [9.17, 15) is 32.3 Å². The number of ether oxygens (including phenoxy) is 1. The lowest BCUT2D eigenvalue weighted by atomic mass is 10.3. The lowest BCUT2D eigenvalue weighted by Gasteiger charge is -2.16. The molecule has 0 unspecified atom stereocenters. The van der Waals surface area contributed by atoms with Crippen LogP contribution in [0, 0.1) is 0 Å². The molecule has 11 heteroatoms. The summed E-state index contributed by atoms with van der Waals surface area (Å²) in [5, 5.41) is 2.35. The topological polar surface area (TPSA) is 96.0 Å². The van der Waals surface area contributed by atoms with Gasteiger partial charge in [-0.1, -0.05) is 6.07 Å². The molecule has 134 valence electrons. The Kier molecular flexibility index (Phi) is 4.95. The molecular weight excluding hydrogens is 347 g/mol. The minimum atomic E-state index is -4.86. The number of benzene rings is 1. The van der Waals surface area contributed by atoms with E-state index < -0.39 is 43.0 Å². The number of carbonyl (C=O) groups excluding carboxylic acids is 4. The molecule has 0 atom stereocenters. The van der Waals surface area contributed by atoms with Crippen LogP contribution in [0.3, 0.4) is 0 Å². The second-order valence-corrected chi connectivity index (χ2v) is 4.96. The molecule has 0 bridgehead atoms. The van der Waals surface area contributed by atoms with Gasteiger partial charge in [-0.3, -0.25) is 14.4 Å². The van der Waals surface area contributed by atoms with E-state index in [0.717, 1.165) is 0 Å². The highest BCUT2D eigenvalue weighted by Gasteiger charge is 2.49. The molecule has 1 aliphatic heterocycles. The fourth-order valence-corrected chi connectivity index (χ4v) is 2.05. The highest BCUT2D eigenvalue weighted by Crippen LogP contribution is 2.21. The Balaban J connectivity index is 2.06. The first-order chi connectivity index (χ1) is 11.6. The maximum absolute atomic E-state index is 12.4. The van der Waals surface area contributed by atoms with Crippen LogP contribution in [0.15, 0.2) is 24.3 Å². The molecule has 0 aromatic heterocycles. The van der Waals surface area contributed by atoms with Crippen LogP contribution in [0.25, 0.3) is 0 Å². The largest absolute Gasteiger partial charge is 0.497 e. The molecule has 5 amide bonds. The van der Waals surface area contributed by atoms with Crippen LogP contribution in [0.4, 0.5) is 23.7 Å². The molecular formula is C14H12F3N3O5. The van der Waals surface area contributed by atoms with Crippen LogP contribution in [0.2, 0.25) is 0 Å². The fraction of sp³-hybridized carbons (Fsp3) is 0.286. The van der Waals surface area contributed by atoms with E-state index >= 15 is 0 Å². The minimum absolute atomic E-state index is 0.156. The van der Waals surface area contributed by atoms with Crippen molar-refractivity contribution in [2.24, 2.45) is 0 Å². The summed E-state index contributed by atoms with van der Waals surface area (Å²) in [5.41, 5.74) is 0.280. The summed E-state index contributed by atoms with van der Waals surface area (Å²) in [7, 11) is 1.41. The zero-order chi connectivity index (χ0) is 18.8. The molecule has 1 saturated heterocycles. The predicted octanol–water partition coefficient (Wildman–Crippen LogP) is 0.987. The molecule has 0 aliphatic carbocycles. The van der Waals surface area contributed by atoms with E-state index in [1.807, 2.05) is 0 Å². The molecule has 1 aromatic carbocycles. The predicted molar refractivity (Wildman–Crippen MR) is 76.5 cm³/mol. The number of urea groups is 1. The number of nitrogens with one attached hydrogen (secondary N) is 1. The maximum atomic E-state index is 12.4. The van der Waals surface area contributed by atoms with E-state index in [4.69, 9.17) is 4.74 Å². The van der Waals surface area contributed by atoms with Gasteiger partial charge < -0.3 is 10.1 Å². The molecule has 1 aliphatic rings. The van der Waals surface area contributed by atoms with Crippen LogP contribution in [-0.4, -0.2) is 59.9 Å². The van der Waals surface area contributed by atoms with E-state index in [1.54, 1.807) is 12.1 Å². The van der Waals surface area contributed by atoms with Gasteiger partial charge in [-0.25, -0.2) is 14.6 Å². The Hall–Kier alpha value is -3.11. The van der Waals surface area contributed by atoms with Gasteiger partial charge in [0.2, 0.25) is 5.91 Å². The van der Waals surface area contributed by atoms with E-state index in [1.165, 1.54) is 19.2 Å². The lowest BCUT2D eigenvalue weighted by molar-refractivity contribution is -0.156. The van der Waals surface area contributed by atoms with Crippen LogP contribution >= 0.6 is 0 Å². The molecule has 25 heavy (non-hydrogen) atoms. The molecule has 1 heterocycles. The summed E-state index contributed by atoms with van der Waals surface area (Å²) in [5.74, 6) is -3.55. The Morgan fingerprint density at radius 1 is 1.16 bits per heavy atom. The molecule has 0 spiro atoms. The van der Waals surface area contributed by atoms with E-state index in [2.05, 4.69) is 5.32 Å². The lowest BCUT2D eigenvalue weighted by Crippen LogP contribution is -2.41. The van der Waals surface area contributed by atoms with Crippen molar-refractivity contribution >= 4 is 29.4 Å². The van der Waals surface area contributed by atoms with Crippen molar-refractivity contribution in [3.63, 3.8) is 0 Å². The Bertz CT molecular complexity index is 735. The van der Waals surface area contributed by atoms with Gasteiger partial charge in [0.25, 0.3) is 0 Å². The number of carbonyl (C=O) groups is 4. The second-order valence-electron chi connectivity index (χ2n) is 4.96. The summed E-state index contributed by atoms with van der Waals surface area (Å²) in [6.45, 7) is -2.79. The summed E-state index contributed by atoms with van der Waals surface area (Å²) < 4.78 is 42.0. The normalized spacial score (nSPS) is 15.0. The molecule has 1 N–H and O–H groups in total. The van der Waals surface area contributed by atoms with Crippen LogP contribution < -0.4 is 10.1 Å². The number of methoxy groups -OCH3 is 1. The van der Waals surface area contributed by atoms with Crippen molar-refractivity contribution in [2.45, 2.75) is 6.18 Å². The molecule has 1 aromatic rings. The van der Waals surface area contributed by atoms with Crippen molar-refractivity contribution in [1.29, 1.82) is 0 Å². The van der Waals surface area contributed by atoms with Crippen LogP contribution in [0.5, 0.6) is 5.75 Å². The number of halogens is 3. The summed E-state index contributed by atoms with van der Waals surface area (Å²) >= 11 is 0. The van der Waals surface area contributed by atoms with Gasteiger partial charge in [0.1, 0.15) is 18.8 Å². The average molecular weight is 359 g/mol. The highest BCUT2D eigenvalue weighted by atomic mass is 19.4. The third kappa shape index (κ3) is 4.25. The zero-order valence-electron chi connectivity index (χ0n) is 12.8. The van der Waals surface area contributed by atoms with Crippen LogP contribution in [0.1, 0.15) is 0 Å². The first kappa shape index (κ1) is 18.2. The second kappa shape index (κ2) is 6.79. The maximum Gasteiger partial charge on any atom is 0.406 e. The van der Waals surface area contributed by atoms with Gasteiger partial charge in [0.05, 0.1) is 7.11 Å². The summed E-state index contributed by atoms with van der Waals surface area (Å²) in [6, 6.07) is 4.63. The fourth-order valence-electron chi connectivity index (χ4n) is 2.05. The van der Waals surface area contributed by atoms with Gasteiger partial charge in [-0.05, 0) is 12.1 Å². The summed E-state index contributed by atoms with van der Waals surface area (Å²) in [6.07, 6.45) is -4.86. The van der Waals surface area contributed by atoms with Crippen LogP contribution in [-0.2, 0) is 14.4 Å². The third-order valence-corrected chi connectivity index (χ3v) is 3.13. The summed E-state index contributed by atoms with van der Waals surface area (Å²) in [4.78, 5) is 46.8.